The molecule has 0 spiro atoms. The smallest absolute Gasteiger partial charge is 0.220 e. The van der Waals surface area contributed by atoms with Crippen LogP contribution in [0.15, 0.2) is 75.7 Å². The maximum Gasteiger partial charge on any atom is 0.220 e. The van der Waals surface area contributed by atoms with Crippen LogP contribution >= 0.6 is 31.9 Å². The zero-order chi connectivity index (χ0) is 25.6. The van der Waals surface area contributed by atoms with E-state index in [-0.39, 0.29) is 13.1 Å². The van der Waals surface area contributed by atoms with Crippen molar-refractivity contribution in [2.75, 3.05) is 21.3 Å². The summed E-state index contributed by atoms with van der Waals surface area (Å²) in [7, 11) is 0.927. The average Bonchev–Trinajstić information content (AvgIpc) is 2.86. The van der Waals surface area contributed by atoms with Crippen molar-refractivity contribution >= 4 is 41.9 Å². The minimum atomic E-state index is -3.80. The molecule has 0 radical (unpaired) electrons. The number of halogens is 2. The largest absolute Gasteiger partial charge is 0.497 e. The van der Waals surface area contributed by atoms with E-state index in [0.29, 0.717) is 11.5 Å². The van der Waals surface area contributed by atoms with E-state index >= 15 is 0 Å². The number of rotatable bonds is 11. The Morgan fingerprint density at radius 1 is 0.800 bits per heavy atom. The second-order valence-corrected chi connectivity index (χ2v) is 12.1. The monoisotopic (exact) mass is 625 g/mol. The van der Waals surface area contributed by atoms with Crippen LogP contribution in [0, 0.1) is 0 Å². The fraction of sp³-hybridized carbons (Fsp3) is 0.308. The summed E-state index contributed by atoms with van der Waals surface area (Å²) in [4.78, 5) is 0. The normalized spacial score (nSPS) is 13.5. The van der Waals surface area contributed by atoms with Gasteiger partial charge in [-0.3, -0.25) is 0 Å². The fourth-order valence-corrected chi connectivity index (χ4v) is 6.77. The fourth-order valence-electron chi connectivity index (χ4n) is 3.80. The first-order valence-corrected chi connectivity index (χ1v) is 14.0. The third-order valence-corrected chi connectivity index (χ3v) is 9.16. The molecule has 0 aliphatic rings. The summed E-state index contributed by atoms with van der Waals surface area (Å²) in [5.41, 5.74) is 2.48. The molecule has 9 heteroatoms. The molecule has 2 atom stereocenters. The summed E-state index contributed by atoms with van der Waals surface area (Å²) in [6.07, 6.45) is -0.670. The Morgan fingerprint density at radius 3 is 1.69 bits per heavy atom. The molecule has 0 N–H and O–H groups in total. The molecule has 3 rings (SSSR count). The molecule has 0 saturated heterocycles. The summed E-state index contributed by atoms with van der Waals surface area (Å²) in [5, 5.41) is -0.846. The van der Waals surface area contributed by atoms with Crippen molar-refractivity contribution in [3.8, 4) is 11.5 Å². The van der Waals surface area contributed by atoms with Gasteiger partial charge >= 0.3 is 0 Å². The molecule has 0 amide bonds. The molecule has 0 aliphatic heterocycles. The van der Waals surface area contributed by atoms with E-state index in [1.807, 2.05) is 66.7 Å². The molecule has 0 aromatic heterocycles. The Kier molecular flexibility index (Phi) is 9.77. The van der Waals surface area contributed by atoms with Crippen molar-refractivity contribution in [2.45, 2.75) is 31.4 Å². The quantitative estimate of drug-likeness (QED) is 0.249. The van der Waals surface area contributed by atoms with E-state index in [1.54, 1.807) is 21.1 Å². The molecule has 6 nitrogen and oxygen atoms in total. The van der Waals surface area contributed by atoms with Crippen molar-refractivity contribution in [1.29, 1.82) is 0 Å². The summed E-state index contributed by atoms with van der Waals surface area (Å²) >= 11 is 7.00. The average molecular weight is 627 g/mol. The molecule has 0 heterocycles. The van der Waals surface area contributed by atoms with Gasteiger partial charge in [0.2, 0.25) is 10.0 Å². The van der Waals surface area contributed by atoms with Crippen LogP contribution in [0.1, 0.15) is 29.7 Å². The van der Waals surface area contributed by atoms with Gasteiger partial charge in [-0.25, -0.2) is 8.42 Å². The molecule has 0 aliphatic carbocycles. The molecule has 188 valence electrons. The van der Waals surface area contributed by atoms with Crippen LogP contribution in [0.2, 0.25) is 0 Å². The van der Waals surface area contributed by atoms with Crippen LogP contribution < -0.4 is 9.47 Å². The van der Waals surface area contributed by atoms with E-state index in [2.05, 4.69) is 31.9 Å². The number of hydrogen-bond acceptors (Lipinski definition) is 5. The SMILES string of the molecule is COc1ccc(CN(Cc2ccc(OC)cc2)S(=O)(=O)[C@H](C)[C@H](OC)c2ccc(Br)cc2Br)cc1. The minimum absolute atomic E-state index is 0.209. The Balaban J connectivity index is 1.97. The van der Waals surface area contributed by atoms with Gasteiger partial charge < -0.3 is 14.2 Å². The number of ether oxygens (including phenoxy) is 3. The minimum Gasteiger partial charge on any atom is -0.497 e. The van der Waals surface area contributed by atoms with Crippen molar-refractivity contribution in [3.05, 3.63) is 92.4 Å². The Bertz CT molecular complexity index is 1170. The molecular weight excluding hydrogens is 598 g/mol. The second kappa shape index (κ2) is 12.4. The van der Waals surface area contributed by atoms with E-state index in [4.69, 9.17) is 14.2 Å². The number of methoxy groups -OCH3 is 3. The zero-order valence-corrected chi connectivity index (χ0v) is 24.1. The van der Waals surface area contributed by atoms with Gasteiger partial charge in [-0.1, -0.05) is 62.2 Å². The van der Waals surface area contributed by atoms with E-state index in [0.717, 1.165) is 25.6 Å². The Morgan fingerprint density at radius 2 is 1.29 bits per heavy atom. The molecule has 35 heavy (non-hydrogen) atoms. The Hall–Kier alpha value is -1.91. The predicted molar refractivity (Wildman–Crippen MR) is 145 cm³/mol. The first kappa shape index (κ1) is 27.7. The van der Waals surface area contributed by atoms with Gasteiger partial charge in [0.15, 0.2) is 0 Å². The van der Waals surface area contributed by atoms with Crippen LogP contribution in [-0.4, -0.2) is 39.3 Å². The van der Waals surface area contributed by atoms with Gasteiger partial charge in [0.25, 0.3) is 0 Å². The van der Waals surface area contributed by atoms with Crippen LogP contribution in [0.3, 0.4) is 0 Å². The van der Waals surface area contributed by atoms with Crippen LogP contribution in [-0.2, 0) is 27.8 Å². The lowest BCUT2D eigenvalue weighted by atomic mass is 10.1. The van der Waals surface area contributed by atoms with Crippen LogP contribution in [0.25, 0.3) is 0 Å². The molecule has 0 bridgehead atoms. The highest BCUT2D eigenvalue weighted by Gasteiger charge is 2.36. The highest BCUT2D eigenvalue weighted by molar-refractivity contribution is 9.11. The standard InChI is InChI=1S/C26H29Br2NO5S/c1-18(26(34-4)24-14-9-21(27)15-25(24)28)35(30,31)29(16-19-5-10-22(32-2)11-6-19)17-20-7-12-23(33-3)13-8-20/h5-15,18,26H,16-17H2,1-4H3/t18-,26+/m1/s1. The van der Waals surface area contributed by atoms with Gasteiger partial charge in [-0.15, -0.1) is 0 Å². The third-order valence-electron chi connectivity index (χ3n) is 5.81. The van der Waals surface area contributed by atoms with Crippen molar-refractivity contribution in [2.24, 2.45) is 0 Å². The van der Waals surface area contributed by atoms with Gasteiger partial charge in [-0.2, -0.15) is 4.31 Å². The summed E-state index contributed by atoms with van der Waals surface area (Å²) in [6.45, 7) is 2.11. The molecular formula is C26H29Br2NO5S. The molecule has 0 saturated carbocycles. The van der Waals surface area contributed by atoms with Crippen molar-refractivity contribution < 1.29 is 22.6 Å². The number of benzene rings is 3. The van der Waals surface area contributed by atoms with Crippen LogP contribution in [0.5, 0.6) is 11.5 Å². The van der Waals surface area contributed by atoms with Gasteiger partial charge in [0.05, 0.1) is 14.2 Å². The lowest BCUT2D eigenvalue weighted by Crippen LogP contribution is -2.40. The van der Waals surface area contributed by atoms with Gasteiger partial charge in [0.1, 0.15) is 22.9 Å². The van der Waals surface area contributed by atoms with Crippen LogP contribution in [0.4, 0.5) is 0 Å². The molecule has 0 unspecified atom stereocenters. The van der Waals surface area contributed by atoms with E-state index in [1.165, 1.54) is 11.4 Å². The highest BCUT2D eigenvalue weighted by atomic mass is 79.9. The summed E-state index contributed by atoms with van der Waals surface area (Å²) in [6, 6.07) is 20.4. The number of sulfonamides is 1. The molecule has 3 aromatic rings. The van der Waals surface area contributed by atoms with E-state index < -0.39 is 21.4 Å². The predicted octanol–water partition coefficient (Wildman–Crippen LogP) is 6.34. The van der Waals surface area contributed by atoms with Gasteiger partial charge in [-0.05, 0) is 60.0 Å². The summed E-state index contributed by atoms with van der Waals surface area (Å²) < 4.78 is 47.4. The van der Waals surface area contributed by atoms with Gasteiger partial charge in [0, 0.05) is 29.1 Å². The van der Waals surface area contributed by atoms with Crippen molar-refractivity contribution in [3.63, 3.8) is 0 Å². The molecule has 3 aromatic carbocycles. The lowest BCUT2D eigenvalue weighted by molar-refractivity contribution is 0.0998. The topological polar surface area (TPSA) is 65.1 Å². The lowest BCUT2D eigenvalue weighted by Gasteiger charge is -2.30. The highest BCUT2D eigenvalue weighted by Crippen LogP contribution is 2.35. The zero-order valence-electron chi connectivity index (χ0n) is 20.1. The van der Waals surface area contributed by atoms with Crippen molar-refractivity contribution in [1.82, 2.24) is 4.31 Å². The molecule has 0 fully saturated rings. The number of nitrogens with zero attached hydrogens (tertiary/aromatic N) is 1. The van der Waals surface area contributed by atoms with E-state index in [9.17, 15) is 8.42 Å². The Labute approximate surface area is 224 Å². The maximum absolute atomic E-state index is 14.0. The second-order valence-electron chi connectivity index (χ2n) is 8.04. The maximum atomic E-state index is 14.0. The first-order chi connectivity index (χ1) is 16.7. The number of hydrogen-bond donors (Lipinski definition) is 0. The third kappa shape index (κ3) is 6.86. The summed E-state index contributed by atoms with van der Waals surface area (Å²) in [5.74, 6) is 1.43. The first-order valence-electron chi connectivity index (χ1n) is 10.9.